The highest BCUT2D eigenvalue weighted by Gasteiger charge is 2.25. The smallest absolute Gasteiger partial charge is 0.229 e. The molecule has 1 aromatic heterocycles. The predicted molar refractivity (Wildman–Crippen MR) is 83.1 cm³/mol. The average molecular weight is 291 g/mol. The van der Waals surface area contributed by atoms with Crippen molar-refractivity contribution in [3.05, 3.63) is 23.9 Å². The van der Waals surface area contributed by atoms with Gasteiger partial charge in [0.1, 0.15) is 5.82 Å². The zero-order valence-electron chi connectivity index (χ0n) is 12.7. The standard InChI is InChI=1S/C16H25N3O2/c1-13-6-4-8-15(17-13)18-16(21)14-7-5-10-19(12-14)9-2-3-11-20/h4,6,8,14,20H,2-3,5,7,9-12H2,1H3,(H,17,18,21). The monoisotopic (exact) mass is 291 g/mol. The number of hydrogen-bond acceptors (Lipinski definition) is 4. The minimum Gasteiger partial charge on any atom is -0.396 e. The maximum Gasteiger partial charge on any atom is 0.229 e. The molecule has 1 amide bonds. The summed E-state index contributed by atoms with van der Waals surface area (Å²) in [5.74, 6) is 0.743. The second-order valence-corrected chi connectivity index (χ2v) is 5.72. The van der Waals surface area contributed by atoms with E-state index in [1.165, 1.54) is 0 Å². The molecule has 1 fully saturated rings. The molecule has 5 heteroatoms. The van der Waals surface area contributed by atoms with Crippen LogP contribution >= 0.6 is 0 Å². The summed E-state index contributed by atoms with van der Waals surface area (Å²) >= 11 is 0. The number of carbonyl (C=O) groups excluding carboxylic acids is 1. The fourth-order valence-electron chi connectivity index (χ4n) is 2.76. The van der Waals surface area contributed by atoms with E-state index in [-0.39, 0.29) is 18.4 Å². The van der Waals surface area contributed by atoms with Gasteiger partial charge in [0.25, 0.3) is 0 Å². The number of hydrogen-bond donors (Lipinski definition) is 2. The Morgan fingerprint density at radius 2 is 2.33 bits per heavy atom. The minimum atomic E-state index is 0.0372. The van der Waals surface area contributed by atoms with E-state index in [4.69, 9.17) is 5.11 Å². The summed E-state index contributed by atoms with van der Waals surface area (Å²) in [4.78, 5) is 19.0. The first-order chi connectivity index (χ1) is 10.2. The zero-order chi connectivity index (χ0) is 15.1. The molecular formula is C16H25N3O2. The van der Waals surface area contributed by atoms with Gasteiger partial charge in [0.2, 0.25) is 5.91 Å². The van der Waals surface area contributed by atoms with Gasteiger partial charge in [-0.1, -0.05) is 6.07 Å². The van der Waals surface area contributed by atoms with Crippen LogP contribution < -0.4 is 5.32 Å². The van der Waals surface area contributed by atoms with Gasteiger partial charge in [0, 0.05) is 18.8 Å². The second-order valence-electron chi connectivity index (χ2n) is 5.72. The molecule has 0 saturated carbocycles. The number of aliphatic hydroxyl groups is 1. The van der Waals surface area contributed by atoms with Crippen LogP contribution in [0.3, 0.4) is 0 Å². The molecule has 1 aliphatic heterocycles. The van der Waals surface area contributed by atoms with Crippen LogP contribution in [-0.2, 0) is 4.79 Å². The normalized spacial score (nSPS) is 19.4. The zero-order valence-corrected chi connectivity index (χ0v) is 12.7. The van der Waals surface area contributed by atoms with Crippen LogP contribution in [0.2, 0.25) is 0 Å². The SMILES string of the molecule is Cc1cccc(NC(=O)C2CCCN(CCCCO)C2)n1. The highest BCUT2D eigenvalue weighted by atomic mass is 16.2. The minimum absolute atomic E-state index is 0.0372. The molecule has 0 radical (unpaired) electrons. The van der Waals surface area contributed by atoms with Gasteiger partial charge in [-0.15, -0.1) is 0 Å². The van der Waals surface area contributed by atoms with Gasteiger partial charge in [-0.05, 0) is 57.8 Å². The van der Waals surface area contributed by atoms with Gasteiger partial charge in [-0.3, -0.25) is 4.79 Å². The van der Waals surface area contributed by atoms with Crippen LogP contribution in [0.1, 0.15) is 31.4 Å². The van der Waals surface area contributed by atoms with Crippen LogP contribution in [0.25, 0.3) is 0 Å². The van der Waals surface area contributed by atoms with E-state index < -0.39 is 0 Å². The molecule has 0 aliphatic carbocycles. The Kier molecular flexibility index (Phi) is 6.14. The number of amides is 1. The maximum absolute atomic E-state index is 12.3. The van der Waals surface area contributed by atoms with Gasteiger partial charge in [-0.2, -0.15) is 0 Å². The quantitative estimate of drug-likeness (QED) is 0.785. The lowest BCUT2D eigenvalue weighted by Crippen LogP contribution is -2.41. The average Bonchev–Trinajstić information content (AvgIpc) is 2.48. The number of piperidine rings is 1. The molecule has 21 heavy (non-hydrogen) atoms. The molecule has 2 N–H and O–H groups in total. The van der Waals surface area contributed by atoms with Gasteiger partial charge < -0.3 is 15.3 Å². The first-order valence-corrected chi connectivity index (χ1v) is 7.77. The third-order valence-electron chi connectivity index (χ3n) is 3.90. The molecule has 0 bridgehead atoms. The Morgan fingerprint density at radius 3 is 3.10 bits per heavy atom. The number of rotatable bonds is 6. The highest BCUT2D eigenvalue weighted by Crippen LogP contribution is 2.18. The summed E-state index contributed by atoms with van der Waals surface area (Å²) in [5, 5.41) is 11.8. The maximum atomic E-state index is 12.3. The summed E-state index contributed by atoms with van der Waals surface area (Å²) in [5.41, 5.74) is 0.905. The van der Waals surface area contributed by atoms with Gasteiger partial charge >= 0.3 is 0 Å². The number of likely N-dealkylation sites (tertiary alicyclic amines) is 1. The first-order valence-electron chi connectivity index (χ1n) is 7.77. The lowest BCUT2D eigenvalue weighted by atomic mass is 9.97. The van der Waals surface area contributed by atoms with E-state index in [0.29, 0.717) is 5.82 Å². The molecule has 116 valence electrons. The number of unbranched alkanes of at least 4 members (excludes halogenated alkanes) is 1. The van der Waals surface area contributed by atoms with Crippen molar-refractivity contribution in [2.45, 2.75) is 32.6 Å². The molecule has 1 aromatic rings. The van der Waals surface area contributed by atoms with E-state index in [2.05, 4.69) is 15.2 Å². The van der Waals surface area contributed by atoms with Crippen molar-refractivity contribution in [1.29, 1.82) is 0 Å². The van der Waals surface area contributed by atoms with E-state index >= 15 is 0 Å². The molecule has 5 nitrogen and oxygen atoms in total. The lowest BCUT2D eigenvalue weighted by molar-refractivity contribution is -0.121. The van der Waals surface area contributed by atoms with Crippen molar-refractivity contribution in [2.24, 2.45) is 5.92 Å². The Bertz CT molecular complexity index is 465. The molecule has 2 heterocycles. The Labute approximate surface area is 126 Å². The van der Waals surface area contributed by atoms with E-state index in [9.17, 15) is 4.79 Å². The lowest BCUT2D eigenvalue weighted by Gasteiger charge is -2.31. The van der Waals surface area contributed by atoms with Crippen LogP contribution in [0, 0.1) is 12.8 Å². The number of carbonyl (C=O) groups is 1. The van der Waals surface area contributed by atoms with Crippen LogP contribution in [0.5, 0.6) is 0 Å². The number of aryl methyl sites for hydroxylation is 1. The molecule has 1 atom stereocenters. The van der Waals surface area contributed by atoms with Gasteiger partial charge in [-0.25, -0.2) is 4.98 Å². The Morgan fingerprint density at radius 1 is 1.48 bits per heavy atom. The van der Waals surface area contributed by atoms with E-state index in [1.807, 2.05) is 25.1 Å². The summed E-state index contributed by atoms with van der Waals surface area (Å²) < 4.78 is 0. The van der Waals surface area contributed by atoms with Crippen molar-refractivity contribution in [3.8, 4) is 0 Å². The van der Waals surface area contributed by atoms with E-state index in [1.54, 1.807) is 0 Å². The number of nitrogens with zero attached hydrogens (tertiary/aromatic N) is 2. The first kappa shape index (κ1) is 15.9. The number of aliphatic hydroxyl groups excluding tert-OH is 1. The number of anilines is 1. The summed E-state index contributed by atoms with van der Waals surface area (Å²) in [6.07, 6.45) is 3.82. The van der Waals surface area contributed by atoms with Gasteiger partial charge in [0.15, 0.2) is 0 Å². The Hall–Kier alpha value is -1.46. The van der Waals surface area contributed by atoms with Crippen molar-refractivity contribution in [1.82, 2.24) is 9.88 Å². The fraction of sp³-hybridized carbons (Fsp3) is 0.625. The highest BCUT2D eigenvalue weighted by molar-refractivity contribution is 5.91. The molecule has 1 aliphatic rings. The molecule has 0 spiro atoms. The third kappa shape index (κ3) is 5.10. The third-order valence-corrected chi connectivity index (χ3v) is 3.90. The summed E-state index contributed by atoms with van der Waals surface area (Å²) in [6, 6.07) is 5.64. The number of aromatic nitrogens is 1. The van der Waals surface area contributed by atoms with Gasteiger partial charge in [0.05, 0.1) is 5.92 Å². The summed E-state index contributed by atoms with van der Waals surface area (Å²) in [7, 11) is 0. The van der Waals surface area contributed by atoms with Crippen LogP contribution in [0.4, 0.5) is 5.82 Å². The predicted octanol–water partition coefficient (Wildman–Crippen LogP) is 1.81. The molecule has 1 saturated heterocycles. The number of nitrogens with one attached hydrogen (secondary N) is 1. The topological polar surface area (TPSA) is 65.5 Å². The second kappa shape index (κ2) is 8.10. The molecule has 0 aromatic carbocycles. The number of pyridine rings is 1. The van der Waals surface area contributed by atoms with Crippen molar-refractivity contribution >= 4 is 11.7 Å². The fourth-order valence-corrected chi connectivity index (χ4v) is 2.76. The van der Waals surface area contributed by atoms with Crippen molar-refractivity contribution < 1.29 is 9.90 Å². The van der Waals surface area contributed by atoms with Crippen LogP contribution in [-0.4, -0.2) is 47.1 Å². The molecule has 1 unspecified atom stereocenters. The molecular weight excluding hydrogens is 266 g/mol. The van der Waals surface area contributed by atoms with Crippen molar-refractivity contribution in [3.63, 3.8) is 0 Å². The molecule has 2 rings (SSSR count). The van der Waals surface area contributed by atoms with E-state index in [0.717, 1.165) is 51.0 Å². The summed E-state index contributed by atoms with van der Waals surface area (Å²) in [6.45, 7) is 4.99. The Balaban J connectivity index is 1.84. The van der Waals surface area contributed by atoms with Crippen molar-refractivity contribution in [2.75, 3.05) is 31.6 Å². The largest absolute Gasteiger partial charge is 0.396 e. The van der Waals surface area contributed by atoms with Crippen LogP contribution in [0.15, 0.2) is 18.2 Å².